The molecule has 6 heteroatoms. The Labute approximate surface area is 120 Å². The van der Waals surface area contributed by atoms with Gasteiger partial charge in [0.05, 0.1) is 5.69 Å². The molecule has 0 aromatic heterocycles. The fourth-order valence-corrected chi connectivity index (χ4v) is 3.84. The molecule has 0 bridgehead atoms. The number of Topliss-reactive ketones (excluding diaryl/α,β-unsaturated/α-hetero) is 1. The highest BCUT2D eigenvalue weighted by Gasteiger charge is 2.32. The molecule has 2 rings (SSSR count). The van der Waals surface area contributed by atoms with Crippen LogP contribution in [-0.2, 0) is 10.2 Å². The number of fused-ring (bicyclic) bond motifs is 1. The molecule has 0 radical (unpaired) electrons. The maximum absolute atomic E-state index is 12.7. The van der Waals surface area contributed by atoms with Crippen LogP contribution in [0.3, 0.4) is 0 Å². The molecule has 0 N–H and O–H groups in total. The number of anilines is 1. The molecule has 0 aliphatic carbocycles. The maximum Gasteiger partial charge on any atom is 0.304 e. The van der Waals surface area contributed by atoms with E-state index in [9.17, 15) is 13.2 Å². The fraction of sp³-hybridized carbons (Fsp3) is 0.500. The minimum Gasteiger partial charge on any atom is -0.294 e. The second-order valence-corrected chi connectivity index (χ2v) is 7.15. The van der Waals surface area contributed by atoms with E-state index in [-0.39, 0.29) is 11.8 Å². The number of nitrogens with zero attached hydrogens (tertiary/aromatic N) is 2. The fourth-order valence-electron chi connectivity index (χ4n) is 2.23. The van der Waals surface area contributed by atoms with Gasteiger partial charge in [-0.2, -0.15) is 12.7 Å². The van der Waals surface area contributed by atoms with E-state index < -0.39 is 10.2 Å². The molecule has 0 unspecified atom stereocenters. The van der Waals surface area contributed by atoms with Crippen LogP contribution in [0.4, 0.5) is 5.69 Å². The molecule has 0 fully saturated rings. The lowest BCUT2D eigenvalue weighted by molar-refractivity contribution is 0.0984. The third kappa shape index (κ3) is 2.58. The van der Waals surface area contributed by atoms with Crippen molar-refractivity contribution in [2.75, 3.05) is 17.9 Å². The maximum atomic E-state index is 12.7. The smallest absolute Gasteiger partial charge is 0.294 e. The van der Waals surface area contributed by atoms with E-state index in [2.05, 4.69) is 0 Å². The Balaban J connectivity index is 2.52. The topological polar surface area (TPSA) is 57.7 Å². The van der Waals surface area contributed by atoms with Crippen LogP contribution >= 0.6 is 0 Å². The summed E-state index contributed by atoms with van der Waals surface area (Å²) in [6.07, 6.45) is 0.924. The average molecular weight is 296 g/mol. The monoisotopic (exact) mass is 296 g/mol. The Hall–Kier alpha value is -1.40. The van der Waals surface area contributed by atoms with Crippen LogP contribution < -0.4 is 4.31 Å². The number of hydrogen-bond acceptors (Lipinski definition) is 3. The third-order valence-electron chi connectivity index (χ3n) is 3.61. The minimum atomic E-state index is -3.61. The highest BCUT2D eigenvalue weighted by atomic mass is 32.2. The van der Waals surface area contributed by atoms with Crippen molar-refractivity contribution in [3.8, 4) is 0 Å². The van der Waals surface area contributed by atoms with Crippen molar-refractivity contribution in [1.82, 2.24) is 4.31 Å². The van der Waals surface area contributed by atoms with Crippen molar-refractivity contribution >= 4 is 21.7 Å². The third-order valence-corrected chi connectivity index (χ3v) is 5.69. The Morgan fingerprint density at radius 3 is 2.55 bits per heavy atom. The first-order chi connectivity index (χ1) is 9.35. The van der Waals surface area contributed by atoms with Crippen molar-refractivity contribution in [3.63, 3.8) is 0 Å². The molecule has 20 heavy (non-hydrogen) atoms. The largest absolute Gasteiger partial charge is 0.304 e. The van der Waals surface area contributed by atoms with Crippen LogP contribution in [0.5, 0.6) is 0 Å². The first-order valence-corrected chi connectivity index (χ1v) is 8.13. The van der Waals surface area contributed by atoms with E-state index in [1.54, 1.807) is 31.3 Å². The van der Waals surface area contributed by atoms with E-state index in [1.807, 2.05) is 13.8 Å². The van der Waals surface area contributed by atoms with Gasteiger partial charge in [-0.3, -0.25) is 9.10 Å². The number of carbonyl (C=O) groups is 1. The van der Waals surface area contributed by atoms with Gasteiger partial charge in [0.1, 0.15) is 0 Å². The summed E-state index contributed by atoms with van der Waals surface area (Å²) in [4.78, 5) is 12.0. The van der Waals surface area contributed by atoms with Crippen LogP contribution in [-0.4, -0.2) is 38.1 Å². The molecule has 1 heterocycles. The van der Waals surface area contributed by atoms with Gasteiger partial charge in [-0.25, -0.2) is 0 Å². The van der Waals surface area contributed by atoms with E-state index >= 15 is 0 Å². The van der Waals surface area contributed by atoms with E-state index in [0.29, 0.717) is 30.6 Å². The van der Waals surface area contributed by atoms with E-state index in [0.717, 1.165) is 0 Å². The zero-order valence-corrected chi connectivity index (χ0v) is 12.9. The Morgan fingerprint density at radius 1 is 1.25 bits per heavy atom. The van der Waals surface area contributed by atoms with E-state index in [4.69, 9.17) is 0 Å². The second kappa shape index (κ2) is 5.54. The number of carbonyl (C=O) groups excluding carboxylic acids is 1. The molecule has 1 aliphatic heterocycles. The number of ketones is 1. The van der Waals surface area contributed by atoms with Crippen LogP contribution in [0.15, 0.2) is 24.3 Å². The molecule has 110 valence electrons. The molecule has 0 atom stereocenters. The molecule has 1 aromatic rings. The molecule has 0 amide bonds. The summed E-state index contributed by atoms with van der Waals surface area (Å²) in [6.45, 7) is 3.99. The van der Waals surface area contributed by atoms with Gasteiger partial charge in [0.2, 0.25) is 0 Å². The van der Waals surface area contributed by atoms with Crippen LogP contribution in [0.1, 0.15) is 37.0 Å². The summed E-state index contributed by atoms with van der Waals surface area (Å²) in [7, 11) is -2.04. The normalized spacial score (nSPS) is 16.4. The first kappa shape index (κ1) is 15.0. The van der Waals surface area contributed by atoms with Crippen LogP contribution in [0.25, 0.3) is 0 Å². The lowest BCUT2D eigenvalue weighted by Gasteiger charge is -2.31. The SMILES string of the molecule is CC(C)N(C)S(=O)(=O)N1CCCC(=O)c2ccccc21. The van der Waals surface area contributed by atoms with Crippen molar-refractivity contribution in [2.24, 2.45) is 0 Å². The molecule has 1 aromatic carbocycles. The molecule has 0 saturated carbocycles. The Morgan fingerprint density at radius 2 is 1.90 bits per heavy atom. The molecule has 5 nitrogen and oxygen atoms in total. The quantitative estimate of drug-likeness (QED) is 0.858. The number of rotatable bonds is 3. The minimum absolute atomic E-state index is 0.00509. The lowest BCUT2D eigenvalue weighted by Crippen LogP contribution is -2.45. The highest BCUT2D eigenvalue weighted by Crippen LogP contribution is 2.29. The summed E-state index contributed by atoms with van der Waals surface area (Å²) in [5, 5.41) is 0. The van der Waals surface area contributed by atoms with Gasteiger partial charge in [0.25, 0.3) is 0 Å². The summed E-state index contributed by atoms with van der Waals surface area (Å²) in [5.74, 6) is 0.00509. The zero-order valence-electron chi connectivity index (χ0n) is 12.0. The van der Waals surface area contributed by atoms with Gasteiger partial charge in [-0.1, -0.05) is 12.1 Å². The first-order valence-electron chi connectivity index (χ1n) is 6.73. The lowest BCUT2D eigenvalue weighted by atomic mass is 10.1. The number of benzene rings is 1. The van der Waals surface area contributed by atoms with Gasteiger partial charge in [0.15, 0.2) is 5.78 Å². The Kier molecular flexibility index (Phi) is 4.15. The molecule has 0 saturated heterocycles. The number of para-hydroxylation sites is 1. The summed E-state index contributed by atoms with van der Waals surface area (Å²) >= 11 is 0. The second-order valence-electron chi connectivity index (χ2n) is 5.23. The van der Waals surface area contributed by atoms with Gasteiger partial charge in [-0.05, 0) is 32.4 Å². The van der Waals surface area contributed by atoms with E-state index in [1.165, 1.54) is 8.61 Å². The summed E-state index contributed by atoms with van der Waals surface area (Å²) < 4.78 is 28.1. The highest BCUT2D eigenvalue weighted by molar-refractivity contribution is 7.90. The van der Waals surface area contributed by atoms with Crippen molar-refractivity contribution in [1.29, 1.82) is 0 Å². The molecule has 0 spiro atoms. The van der Waals surface area contributed by atoms with Crippen LogP contribution in [0.2, 0.25) is 0 Å². The summed E-state index contributed by atoms with van der Waals surface area (Å²) in [5.41, 5.74) is 0.980. The van der Waals surface area contributed by atoms with Crippen molar-refractivity contribution < 1.29 is 13.2 Å². The van der Waals surface area contributed by atoms with Crippen molar-refractivity contribution in [3.05, 3.63) is 29.8 Å². The molecular formula is C14H20N2O3S. The van der Waals surface area contributed by atoms with Crippen LogP contribution in [0, 0.1) is 0 Å². The average Bonchev–Trinajstić information content (AvgIpc) is 2.58. The van der Waals surface area contributed by atoms with Gasteiger partial charge in [-0.15, -0.1) is 0 Å². The predicted molar refractivity (Wildman–Crippen MR) is 79.2 cm³/mol. The Bertz CT molecular complexity index is 611. The zero-order chi connectivity index (χ0) is 14.9. The van der Waals surface area contributed by atoms with Gasteiger partial charge >= 0.3 is 10.2 Å². The standard InChI is InChI=1S/C14H20N2O3S/c1-11(2)15(3)20(18,19)16-10-6-9-14(17)12-7-4-5-8-13(12)16/h4-5,7-8,11H,6,9-10H2,1-3H3. The predicted octanol–water partition coefficient (Wildman–Crippen LogP) is 2.05. The summed E-state index contributed by atoms with van der Waals surface area (Å²) in [6, 6.07) is 6.78. The molecule has 1 aliphatic rings. The van der Waals surface area contributed by atoms with Gasteiger partial charge in [0, 0.05) is 31.6 Å². The number of hydrogen-bond donors (Lipinski definition) is 0. The van der Waals surface area contributed by atoms with Crippen molar-refractivity contribution in [2.45, 2.75) is 32.7 Å². The van der Waals surface area contributed by atoms with Gasteiger partial charge < -0.3 is 0 Å². The molecular weight excluding hydrogens is 276 g/mol.